The molecule has 4 nitrogen and oxygen atoms in total. The molecule has 23 heavy (non-hydrogen) atoms. The van der Waals surface area contributed by atoms with E-state index >= 15 is 0 Å². The molecule has 0 fully saturated rings. The van der Waals surface area contributed by atoms with Crippen LogP contribution >= 0.6 is 12.4 Å². The number of carbonyl (C=O) groups excluding carboxylic acids is 1. The first-order valence-electron chi connectivity index (χ1n) is 8.09. The maximum Gasteiger partial charge on any atom is 0.257 e. The van der Waals surface area contributed by atoms with E-state index in [-0.39, 0.29) is 30.3 Å². The molecule has 1 rings (SSSR count). The predicted molar refractivity (Wildman–Crippen MR) is 98.7 cm³/mol. The van der Waals surface area contributed by atoms with Gasteiger partial charge < -0.3 is 15.0 Å². The van der Waals surface area contributed by atoms with Gasteiger partial charge in [0.1, 0.15) is 5.75 Å². The fourth-order valence-electron chi connectivity index (χ4n) is 2.14. The molecule has 132 valence electrons. The molecule has 1 amide bonds. The molecule has 0 spiro atoms. The van der Waals surface area contributed by atoms with Gasteiger partial charge in [0.05, 0.1) is 0 Å². The molecule has 1 aromatic carbocycles. The van der Waals surface area contributed by atoms with Gasteiger partial charge in [-0.1, -0.05) is 46.8 Å². The van der Waals surface area contributed by atoms with E-state index < -0.39 is 0 Å². The lowest BCUT2D eigenvalue weighted by Crippen LogP contribution is -2.36. The number of amides is 1. The first kappa shape index (κ1) is 21.7. The maximum absolute atomic E-state index is 11.7. The Hall–Kier alpha value is -1.26. The summed E-state index contributed by atoms with van der Waals surface area (Å²) in [5.41, 5.74) is 1.38. The number of carbonyl (C=O) groups is 1. The molecular formula is C18H31ClN2O2. The summed E-state index contributed by atoms with van der Waals surface area (Å²) in [5.74, 6) is 0.652. The van der Waals surface area contributed by atoms with Gasteiger partial charge in [0.2, 0.25) is 0 Å². The van der Waals surface area contributed by atoms with Crippen LogP contribution < -0.4 is 10.1 Å². The molecule has 0 heterocycles. The smallest absolute Gasteiger partial charge is 0.257 e. The van der Waals surface area contributed by atoms with Gasteiger partial charge >= 0.3 is 0 Å². The molecule has 0 aromatic heterocycles. The molecule has 0 radical (unpaired) electrons. The monoisotopic (exact) mass is 342 g/mol. The highest BCUT2D eigenvalue weighted by Crippen LogP contribution is 2.24. The number of ether oxygens (including phenoxy) is 1. The van der Waals surface area contributed by atoms with Crippen LogP contribution in [-0.4, -0.2) is 43.6 Å². The summed E-state index contributed by atoms with van der Waals surface area (Å²) in [5, 5.41) is 2.88. The lowest BCUT2D eigenvalue weighted by atomic mass is 9.87. The minimum atomic E-state index is -0.0768. The van der Waals surface area contributed by atoms with Gasteiger partial charge in [-0.15, -0.1) is 12.4 Å². The van der Waals surface area contributed by atoms with Gasteiger partial charge in [0.25, 0.3) is 5.91 Å². The molecule has 5 heteroatoms. The lowest BCUT2D eigenvalue weighted by molar-refractivity contribution is -0.123. The summed E-state index contributed by atoms with van der Waals surface area (Å²) >= 11 is 0. The summed E-state index contributed by atoms with van der Waals surface area (Å²) in [4.78, 5) is 14.0. The van der Waals surface area contributed by atoms with Crippen LogP contribution in [0.15, 0.2) is 24.3 Å². The fourth-order valence-corrected chi connectivity index (χ4v) is 2.14. The van der Waals surface area contributed by atoms with Gasteiger partial charge in [-0.05, 0) is 36.2 Å². The van der Waals surface area contributed by atoms with Crippen molar-refractivity contribution in [1.29, 1.82) is 0 Å². The molecule has 0 aliphatic carbocycles. The highest BCUT2D eigenvalue weighted by Gasteiger charge is 2.13. The van der Waals surface area contributed by atoms with Crippen molar-refractivity contribution < 1.29 is 9.53 Å². The average molecular weight is 343 g/mol. The Morgan fingerprint density at radius 1 is 1.13 bits per heavy atom. The zero-order valence-corrected chi connectivity index (χ0v) is 15.8. The third-order valence-corrected chi connectivity index (χ3v) is 3.73. The summed E-state index contributed by atoms with van der Waals surface area (Å²) in [7, 11) is 0. The van der Waals surface area contributed by atoms with E-state index in [9.17, 15) is 4.79 Å². The van der Waals surface area contributed by atoms with Gasteiger partial charge in [-0.25, -0.2) is 0 Å². The third-order valence-electron chi connectivity index (χ3n) is 3.73. The summed E-state index contributed by atoms with van der Waals surface area (Å²) in [6.07, 6.45) is 0. The van der Waals surface area contributed by atoms with Crippen molar-refractivity contribution in [3.05, 3.63) is 29.8 Å². The topological polar surface area (TPSA) is 41.6 Å². The number of nitrogens with zero attached hydrogens (tertiary/aromatic N) is 1. The molecule has 0 aliphatic heterocycles. The maximum atomic E-state index is 11.7. The Kier molecular flexibility index (Phi) is 9.93. The van der Waals surface area contributed by atoms with Crippen LogP contribution in [0.5, 0.6) is 5.75 Å². The van der Waals surface area contributed by atoms with Gasteiger partial charge in [-0.3, -0.25) is 4.79 Å². The molecule has 0 atom stereocenters. The van der Waals surface area contributed by atoms with E-state index in [1.165, 1.54) is 5.56 Å². The Bertz CT molecular complexity index is 451. The minimum Gasteiger partial charge on any atom is -0.484 e. The molecule has 0 aliphatic rings. The van der Waals surface area contributed by atoms with Crippen LogP contribution in [0, 0.1) is 0 Å². The van der Waals surface area contributed by atoms with Crippen LogP contribution in [0.2, 0.25) is 0 Å². The number of rotatable bonds is 8. The Morgan fingerprint density at radius 3 is 2.17 bits per heavy atom. The Morgan fingerprint density at radius 2 is 1.70 bits per heavy atom. The summed E-state index contributed by atoms with van der Waals surface area (Å²) in [6.45, 7) is 14.4. The van der Waals surface area contributed by atoms with E-state index in [0.717, 1.165) is 25.4 Å². The first-order valence-corrected chi connectivity index (χ1v) is 8.09. The lowest BCUT2D eigenvalue weighted by Gasteiger charge is -2.19. The second kappa shape index (κ2) is 10.5. The van der Waals surface area contributed by atoms with Crippen LogP contribution in [0.1, 0.15) is 40.2 Å². The van der Waals surface area contributed by atoms with Crippen molar-refractivity contribution >= 4 is 18.3 Å². The van der Waals surface area contributed by atoms with Crippen molar-refractivity contribution in [1.82, 2.24) is 10.2 Å². The van der Waals surface area contributed by atoms with Crippen molar-refractivity contribution in [2.75, 3.05) is 32.8 Å². The van der Waals surface area contributed by atoms with E-state index in [1.807, 2.05) is 24.3 Å². The molecule has 0 bridgehead atoms. The second-order valence-corrected chi connectivity index (χ2v) is 6.44. The molecule has 0 saturated heterocycles. The molecule has 1 N–H and O–H groups in total. The first-order chi connectivity index (χ1) is 10.4. The highest BCUT2D eigenvalue weighted by molar-refractivity contribution is 5.85. The number of likely N-dealkylation sites (N-methyl/N-ethyl adjacent to an activating group) is 1. The molecular weight excluding hydrogens is 312 g/mol. The second-order valence-electron chi connectivity index (χ2n) is 6.44. The quantitative estimate of drug-likeness (QED) is 0.788. The number of hydrogen-bond acceptors (Lipinski definition) is 3. The van der Waals surface area contributed by atoms with Crippen LogP contribution in [0.25, 0.3) is 0 Å². The van der Waals surface area contributed by atoms with E-state index in [4.69, 9.17) is 4.74 Å². The number of nitrogens with one attached hydrogen (secondary N) is 1. The predicted octanol–water partition coefficient (Wildman–Crippen LogP) is 3.24. The number of benzene rings is 1. The van der Waals surface area contributed by atoms with Crippen molar-refractivity contribution in [3.8, 4) is 5.75 Å². The number of hydrogen-bond donors (Lipinski definition) is 1. The largest absolute Gasteiger partial charge is 0.484 e. The average Bonchev–Trinajstić information content (AvgIpc) is 2.49. The number of halogens is 1. The standard InChI is InChI=1S/C18H30N2O2.ClH/c1-6-20(7-2)13-12-19-17(21)14-22-16-10-8-15(9-11-16)18(3,4)5;/h8-11H,6-7,12-14H2,1-5H3,(H,19,21);1H. The zero-order valence-electron chi connectivity index (χ0n) is 15.0. The van der Waals surface area contributed by atoms with Gasteiger partial charge in [0, 0.05) is 13.1 Å². The van der Waals surface area contributed by atoms with Crippen LogP contribution in [0.4, 0.5) is 0 Å². The normalized spacial score (nSPS) is 11.0. The zero-order chi connectivity index (χ0) is 16.6. The van der Waals surface area contributed by atoms with Crippen LogP contribution in [-0.2, 0) is 10.2 Å². The fraction of sp³-hybridized carbons (Fsp3) is 0.611. The summed E-state index contributed by atoms with van der Waals surface area (Å²) in [6, 6.07) is 7.94. The van der Waals surface area contributed by atoms with Crippen molar-refractivity contribution in [2.45, 2.75) is 40.0 Å². The van der Waals surface area contributed by atoms with E-state index in [2.05, 4.69) is 44.8 Å². The Labute approximate surface area is 147 Å². The van der Waals surface area contributed by atoms with Crippen molar-refractivity contribution in [2.24, 2.45) is 0 Å². The highest BCUT2D eigenvalue weighted by atomic mass is 35.5. The SMILES string of the molecule is CCN(CC)CCNC(=O)COc1ccc(C(C)(C)C)cc1.Cl. The Balaban J connectivity index is 0.00000484. The van der Waals surface area contributed by atoms with E-state index in [0.29, 0.717) is 6.54 Å². The summed E-state index contributed by atoms with van der Waals surface area (Å²) < 4.78 is 5.52. The molecule has 0 unspecified atom stereocenters. The van der Waals surface area contributed by atoms with Gasteiger partial charge in [-0.2, -0.15) is 0 Å². The van der Waals surface area contributed by atoms with Crippen molar-refractivity contribution in [3.63, 3.8) is 0 Å². The third kappa shape index (κ3) is 8.24. The molecule has 1 aromatic rings. The van der Waals surface area contributed by atoms with E-state index in [1.54, 1.807) is 0 Å². The van der Waals surface area contributed by atoms with Gasteiger partial charge in [0.15, 0.2) is 6.61 Å². The molecule has 0 saturated carbocycles. The van der Waals surface area contributed by atoms with Crippen LogP contribution in [0.3, 0.4) is 0 Å². The minimum absolute atomic E-state index is 0.